The molecule has 0 bridgehead atoms. The second kappa shape index (κ2) is 10.6. The Balaban J connectivity index is 1.52. The largest absolute Gasteiger partial charge is 0.494 e. The zero-order chi connectivity index (χ0) is 20.6. The van der Waals surface area contributed by atoms with E-state index < -0.39 is 7.12 Å². The van der Waals surface area contributed by atoms with E-state index >= 15 is 0 Å². The highest BCUT2D eigenvalue weighted by Gasteiger charge is 2.27. The molecule has 0 saturated carbocycles. The lowest BCUT2D eigenvalue weighted by atomic mass is 9.75. The monoisotopic (exact) mass is 407 g/mol. The maximum atomic E-state index is 7.07. The van der Waals surface area contributed by atoms with Gasteiger partial charge in [-0.05, 0) is 67.4 Å². The maximum absolute atomic E-state index is 7.07. The summed E-state index contributed by atoms with van der Waals surface area (Å²) in [4.78, 5) is 3.41. The summed E-state index contributed by atoms with van der Waals surface area (Å²) in [5.74, 6) is 1.38. The Kier molecular flexibility index (Phi) is 7.38. The van der Waals surface area contributed by atoms with Crippen LogP contribution in [-0.4, -0.2) is 33.2 Å². The Bertz CT molecular complexity index is 853. The van der Waals surface area contributed by atoms with Gasteiger partial charge in [0.25, 0.3) is 0 Å². The van der Waals surface area contributed by atoms with Gasteiger partial charge in [0, 0.05) is 19.8 Å². The van der Waals surface area contributed by atoms with Gasteiger partial charge in [-0.15, -0.1) is 0 Å². The van der Waals surface area contributed by atoms with Gasteiger partial charge in [-0.3, -0.25) is 0 Å². The van der Waals surface area contributed by atoms with Crippen molar-refractivity contribution in [2.45, 2.75) is 45.0 Å². The Morgan fingerprint density at radius 2 is 1.67 bits per heavy atom. The van der Waals surface area contributed by atoms with Crippen LogP contribution >= 0.6 is 0 Å². The van der Waals surface area contributed by atoms with Crippen molar-refractivity contribution in [3.8, 4) is 11.5 Å². The number of ether oxygens (including phenoxy) is 3. The second-order valence-corrected chi connectivity index (χ2v) is 7.46. The number of benzene rings is 2. The van der Waals surface area contributed by atoms with Crippen LogP contribution in [0.2, 0.25) is 0 Å². The summed E-state index contributed by atoms with van der Waals surface area (Å²) in [5.41, 5.74) is 2.51. The van der Waals surface area contributed by atoms with Crippen molar-refractivity contribution in [1.29, 1.82) is 0 Å². The molecule has 2 aliphatic rings. The van der Waals surface area contributed by atoms with Crippen LogP contribution in [0.1, 0.15) is 37.7 Å². The van der Waals surface area contributed by atoms with E-state index in [0.29, 0.717) is 37.0 Å². The van der Waals surface area contributed by atoms with Crippen LogP contribution < -0.4 is 10.2 Å². The average molecular weight is 407 g/mol. The maximum Gasteiger partial charge on any atom is 0.494 e. The predicted molar refractivity (Wildman–Crippen MR) is 114 cm³/mol. The van der Waals surface area contributed by atoms with Crippen LogP contribution in [0.25, 0.3) is 4.85 Å². The topological polar surface area (TPSA) is 50.5 Å². The molecule has 0 N–H and O–H groups in total. The number of hydrogen-bond donors (Lipinski definition) is 0. The van der Waals surface area contributed by atoms with Crippen molar-refractivity contribution in [3.05, 3.63) is 59.4 Å². The summed E-state index contributed by atoms with van der Waals surface area (Å²) in [6.45, 7) is 9.58. The highest BCUT2D eigenvalue weighted by atomic mass is 16.7. The molecule has 0 amide bonds. The fourth-order valence-electron chi connectivity index (χ4n) is 3.56. The Hall–Kier alpha value is -2.37. The highest BCUT2D eigenvalue weighted by Crippen LogP contribution is 2.25. The molecule has 2 aliphatic heterocycles. The van der Waals surface area contributed by atoms with Crippen LogP contribution in [0.5, 0.6) is 11.5 Å². The van der Waals surface area contributed by atoms with Gasteiger partial charge in [0.1, 0.15) is 11.5 Å². The van der Waals surface area contributed by atoms with Crippen LogP contribution in [0.3, 0.4) is 0 Å². The summed E-state index contributed by atoms with van der Waals surface area (Å²) in [5, 5.41) is 0. The Labute approximate surface area is 178 Å². The van der Waals surface area contributed by atoms with Gasteiger partial charge in [0.2, 0.25) is 0 Å². The molecule has 1 atom stereocenters. The first-order valence-electron chi connectivity index (χ1n) is 10.6. The first-order valence-corrected chi connectivity index (χ1v) is 10.6. The minimum Gasteiger partial charge on any atom is -0.457 e. The molecule has 4 rings (SSSR count). The van der Waals surface area contributed by atoms with Crippen molar-refractivity contribution in [2.24, 2.45) is 0 Å². The smallest absolute Gasteiger partial charge is 0.457 e. The van der Waals surface area contributed by atoms with E-state index in [2.05, 4.69) is 4.85 Å². The Morgan fingerprint density at radius 3 is 2.37 bits per heavy atom. The molecule has 7 heteroatoms. The van der Waals surface area contributed by atoms with Crippen molar-refractivity contribution >= 4 is 18.3 Å². The standard InChI is InChI=1S/C23H26BNO5/c1-25-19-7-9-20(10-8-19)30-21-11-12-22(24-28-14-4-5-15-29-24)18(16-21)17-27-23-6-2-3-13-26-23/h7-12,16,23H,2-6,13-15,17H2. The number of rotatable bonds is 6. The highest BCUT2D eigenvalue weighted by molar-refractivity contribution is 6.61. The van der Waals surface area contributed by atoms with Crippen LogP contribution in [0.15, 0.2) is 42.5 Å². The van der Waals surface area contributed by atoms with Crippen molar-refractivity contribution in [2.75, 3.05) is 19.8 Å². The minimum atomic E-state index is -0.398. The lowest BCUT2D eigenvalue weighted by Gasteiger charge is -2.24. The molecular weight excluding hydrogens is 381 g/mol. The molecule has 2 fully saturated rings. The summed E-state index contributed by atoms with van der Waals surface area (Å²) in [6.07, 6.45) is 4.95. The van der Waals surface area contributed by atoms with E-state index in [9.17, 15) is 0 Å². The molecular formula is C23H26BNO5. The lowest BCUT2D eigenvalue weighted by molar-refractivity contribution is -0.168. The molecule has 0 aromatic heterocycles. The molecule has 1 unspecified atom stereocenters. The van der Waals surface area contributed by atoms with Crippen LogP contribution in [-0.2, 0) is 25.4 Å². The van der Waals surface area contributed by atoms with Gasteiger partial charge in [-0.2, -0.15) is 0 Å². The normalized spacial score (nSPS) is 19.7. The van der Waals surface area contributed by atoms with E-state index in [1.807, 2.05) is 18.2 Å². The molecule has 2 aromatic rings. The molecule has 2 aromatic carbocycles. The number of hydrogen-bond acceptors (Lipinski definition) is 5. The Morgan fingerprint density at radius 1 is 0.933 bits per heavy atom. The van der Waals surface area contributed by atoms with Crippen LogP contribution in [0.4, 0.5) is 5.69 Å². The third-order valence-electron chi connectivity index (χ3n) is 5.21. The summed E-state index contributed by atoms with van der Waals surface area (Å²) >= 11 is 0. The van der Waals surface area contributed by atoms with E-state index in [-0.39, 0.29) is 6.29 Å². The zero-order valence-electron chi connectivity index (χ0n) is 17.0. The predicted octanol–water partition coefficient (Wildman–Crippen LogP) is 4.60. The second-order valence-electron chi connectivity index (χ2n) is 7.46. The molecule has 0 spiro atoms. The average Bonchev–Trinajstić information content (AvgIpc) is 3.08. The van der Waals surface area contributed by atoms with E-state index in [1.165, 1.54) is 0 Å². The first kappa shape index (κ1) is 20.9. The van der Waals surface area contributed by atoms with Gasteiger partial charge in [0.15, 0.2) is 12.0 Å². The van der Waals surface area contributed by atoms with Crippen molar-refractivity contribution in [1.82, 2.24) is 0 Å². The lowest BCUT2D eigenvalue weighted by Crippen LogP contribution is -2.39. The molecule has 0 radical (unpaired) electrons. The third kappa shape index (κ3) is 5.62. The van der Waals surface area contributed by atoms with Gasteiger partial charge >= 0.3 is 7.12 Å². The van der Waals surface area contributed by atoms with E-state index in [0.717, 1.165) is 49.7 Å². The first-order chi connectivity index (χ1) is 14.8. The quantitative estimate of drug-likeness (QED) is 0.518. The van der Waals surface area contributed by atoms with Gasteiger partial charge in [0.05, 0.1) is 13.2 Å². The van der Waals surface area contributed by atoms with E-state index in [4.69, 9.17) is 30.1 Å². The third-order valence-corrected chi connectivity index (χ3v) is 5.21. The fraction of sp³-hybridized carbons (Fsp3) is 0.435. The van der Waals surface area contributed by atoms with Gasteiger partial charge in [-0.1, -0.05) is 18.2 Å². The van der Waals surface area contributed by atoms with Gasteiger partial charge < -0.3 is 23.5 Å². The molecule has 0 aliphatic carbocycles. The molecule has 30 heavy (non-hydrogen) atoms. The molecule has 2 heterocycles. The fourth-order valence-corrected chi connectivity index (χ4v) is 3.56. The van der Waals surface area contributed by atoms with Crippen molar-refractivity contribution in [3.63, 3.8) is 0 Å². The number of nitrogens with zero attached hydrogens (tertiary/aromatic N) is 1. The molecule has 6 nitrogen and oxygen atoms in total. The SMILES string of the molecule is [C-]#[N+]c1ccc(Oc2ccc(B3OCCCCO3)c(COC3CCCCO3)c2)cc1. The summed E-state index contributed by atoms with van der Waals surface area (Å²) in [6, 6.07) is 13.0. The van der Waals surface area contributed by atoms with E-state index in [1.54, 1.807) is 24.3 Å². The van der Waals surface area contributed by atoms with Gasteiger partial charge in [-0.25, -0.2) is 4.85 Å². The molecule has 2 saturated heterocycles. The minimum absolute atomic E-state index is 0.173. The summed E-state index contributed by atoms with van der Waals surface area (Å²) < 4.78 is 29.6. The van der Waals surface area contributed by atoms with Crippen molar-refractivity contribution < 1.29 is 23.5 Å². The van der Waals surface area contributed by atoms with Crippen LogP contribution in [0, 0.1) is 6.57 Å². The summed E-state index contributed by atoms with van der Waals surface area (Å²) in [7, 11) is -0.398. The zero-order valence-corrected chi connectivity index (χ0v) is 17.0. The molecule has 156 valence electrons.